The molecular weight excluding hydrogens is 446 g/mol. The van der Waals surface area contributed by atoms with Crippen molar-refractivity contribution in [1.29, 1.82) is 0 Å². The summed E-state index contributed by atoms with van der Waals surface area (Å²) in [7, 11) is 0. The molecule has 1 N–H and O–H groups in total. The van der Waals surface area contributed by atoms with Gasteiger partial charge in [-0.3, -0.25) is 5.32 Å². The van der Waals surface area contributed by atoms with Gasteiger partial charge in [0.25, 0.3) is 0 Å². The molecule has 30 heavy (non-hydrogen) atoms. The van der Waals surface area contributed by atoms with Crippen molar-refractivity contribution in [1.82, 2.24) is 15.5 Å². The van der Waals surface area contributed by atoms with E-state index in [4.69, 9.17) is 13.9 Å². The van der Waals surface area contributed by atoms with Gasteiger partial charge in [-0.05, 0) is 47.5 Å². The number of hydrogen-bond donors (Lipinski definition) is 1. The van der Waals surface area contributed by atoms with E-state index in [-0.39, 0.29) is 12.8 Å². The first-order chi connectivity index (χ1) is 14.8. The Morgan fingerprint density at radius 3 is 2.53 bits per heavy atom. The maximum Gasteiger partial charge on any atom is 0.247 e. The molecular formula is C23H18BrN3O3. The second kappa shape index (κ2) is 8.30. The Kier molecular flexibility index (Phi) is 5.21. The van der Waals surface area contributed by atoms with Crippen LogP contribution in [-0.4, -0.2) is 17.0 Å². The summed E-state index contributed by atoms with van der Waals surface area (Å²) in [4.78, 5) is 0. The van der Waals surface area contributed by atoms with Gasteiger partial charge < -0.3 is 13.9 Å². The molecule has 0 spiro atoms. The fourth-order valence-corrected chi connectivity index (χ4v) is 3.59. The molecule has 0 unspecified atom stereocenters. The van der Waals surface area contributed by atoms with Crippen molar-refractivity contribution in [3.05, 3.63) is 94.3 Å². The number of hydrogen-bond acceptors (Lipinski definition) is 6. The van der Waals surface area contributed by atoms with Crippen LogP contribution in [0.15, 0.2) is 81.7 Å². The summed E-state index contributed by atoms with van der Waals surface area (Å²) in [5.74, 6) is 2.54. The van der Waals surface area contributed by atoms with E-state index in [0.717, 1.165) is 32.7 Å². The molecule has 0 amide bonds. The van der Waals surface area contributed by atoms with Gasteiger partial charge in [-0.25, -0.2) is 0 Å². The smallest absolute Gasteiger partial charge is 0.247 e. The number of nitrogens with one attached hydrogen (secondary N) is 1. The van der Waals surface area contributed by atoms with Crippen LogP contribution in [0.1, 0.15) is 23.1 Å². The summed E-state index contributed by atoms with van der Waals surface area (Å²) >= 11 is 3.49. The molecule has 4 aromatic rings. The van der Waals surface area contributed by atoms with Crippen LogP contribution < -0.4 is 14.8 Å². The van der Waals surface area contributed by atoms with Gasteiger partial charge in [0.1, 0.15) is 6.04 Å². The van der Waals surface area contributed by atoms with Gasteiger partial charge in [-0.2, -0.15) is 0 Å². The SMILES string of the molecule is Brc1ccc([C@H](NCc2ccc3c(c2)OCO3)c2nnc(-c3ccccc3)o2)cc1. The van der Waals surface area contributed by atoms with Gasteiger partial charge in [0.2, 0.25) is 18.6 Å². The number of nitrogens with zero attached hydrogens (tertiary/aromatic N) is 2. The molecule has 2 heterocycles. The second-order valence-corrected chi connectivity index (χ2v) is 7.78. The van der Waals surface area contributed by atoms with Gasteiger partial charge in [0, 0.05) is 16.6 Å². The van der Waals surface area contributed by atoms with Crippen molar-refractivity contribution in [3.63, 3.8) is 0 Å². The molecule has 1 atom stereocenters. The van der Waals surface area contributed by atoms with Crippen molar-refractivity contribution in [3.8, 4) is 23.0 Å². The lowest BCUT2D eigenvalue weighted by Crippen LogP contribution is -2.22. The van der Waals surface area contributed by atoms with E-state index in [1.54, 1.807) is 0 Å². The van der Waals surface area contributed by atoms with Crippen LogP contribution in [0, 0.1) is 0 Å². The molecule has 5 rings (SSSR count). The maximum absolute atomic E-state index is 6.04. The molecule has 150 valence electrons. The molecule has 0 saturated carbocycles. The Bertz CT molecular complexity index is 1150. The Labute approximate surface area is 182 Å². The zero-order valence-electron chi connectivity index (χ0n) is 15.9. The molecule has 1 aromatic heterocycles. The van der Waals surface area contributed by atoms with Gasteiger partial charge in [0.15, 0.2) is 11.5 Å². The summed E-state index contributed by atoms with van der Waals surface area (Å²) in [6, 6.07) is 23.5. The van der Waals surface area contributed by atoms with Crippen LogP contribution in [0.25, 0.3) is 11.5 Å². The largest absolute Gasteiger partial charge is 0.454 e. The summed E-state index contributed by atoms with van der Waals surface area (Å²) in [6.45, 7) is 0.860. The van der Waals surface area contributed by atoms with Gasteiger partial charge in [0.05, 0.1) is 0 Å². The summed E-state index contributed by atoms with van der Waals surface area (Å²) in [6.07, 6.45) is 0. The number of rotatable bonds is 6. The van der Waals surface area contributed by atoms with Crippen molar-refractivity contribution in [2.45, 2.75) is 12.6 Å². The van der Waals surface area contributed by atoms with Gasteiger partial charge in [-0.15, -0.1) is 10.2 Å². The Balaban J connectivity index is 1.42. The lowest BCUT2D eigenvalue weighted by Gasteiger charge is -2.16. The van der Waals surface area contributed by atoms with Crippen LogP contribution in [0.2, 0.25) is 0 Å². The van der Waals surface area contributed by atoms with Gasteiger partial charge >= 0.3 is 0 Å². The average molecular weight is 464 g/mol. The zero-order valence-corrected chi connectivity index (χ0v) is 17.5. The van der Waals surface area contributed by atoms with E-state index in [9.17, 15) is 0 Å². The molecule has 0 bridgehead atoms. The summed E-state index contributed by atoms with van der Waals surface area (Å²) in [5, 5.41) is 12.1. The molecule has 0 fully saturated rings. The second-order valence-electron chi connectivity index (χ2n) is 6.86. The predicted molar refractivity (Wildman–Crippen MR) is 115 cm³/mol. The highest BCUT2D eigenvalue weighted by atomic mass is 79.9. The minimum atomic E-state index is -0.256. The average Bonchev–Trinajstić information content (AvgIpc) is 3.45. The Morgan fingerprint density at radius 2 is 1.70 bits per heavy atom. The molecule has 1 aliphatic rings. The zero-order chi connectivity index (χ0) is 20.3. The Hall–Kier alpha value is -3.16. The topological polar surface area (TPSA) is 69.4 Å². The lowest BCUT2D eigenvalue weighted by atomic mass is 10.1. The van der Waals surface area contributed by atoms with Crippen molar-refractivity contribution in [2.24, 2.45) is 0 Å². The first-order valence-electron chi connectivity index (χ1n) is 9.52. The van der Waals surface area contributed by atoms with E-state index >= 15 is 0 Å². The summed E-state index contributed by atoms with van der Waals surface area (Å²) in [5.41, 5.74) is 2.99. The number of ether oxygens (including phenoxy) is 2. The predicted octanol–water partition coefficient (Wildman–Crippen LogP) is 5.11. The van der Waals surface area contributed by atoms with Crippen LogP contribution >= 0.6 is 15.9 Å². The quantitative estimate of drug-likeness (QED) is 0.428. The molecule has 3 aromatic carbocycles. The van der Waals surface area contributed by atoms with Crippen molar-refractivity contribution >= 4 is 15.9 Å². The van der Waals surface area contributed by atoms with Crippen LogP contribution in [0.4, 0.5) is 0 Å². The van der Waals surface area contributed by atoms with Crippen LogP contribution in [0.3, 0.4) is 0 Å². The maximum atomic E-state index is 6.04. The lowest BCUT2D eigenvalue weighted by molar-refractivity contribution is 0.174. The fourth-order valence-electron chi connectivity index (χ4n) is 3.32. The third kappa shape index (κ3) is 3.94. The fraction of sp³-hybridized carbons (Fsp3) is 0.130. The van der Waals surface area contributed by atoms with Gasteiger partial charge in [-0.1, -0.05) is 52.3 Å². The number of halogens is 1. The molecule has 7 heteroatoms. The molecule has 0 radical (unpaired) electrons. The van der Waals surface area contributed by atoms with Crippen LogP contribution in [-0.2, 0) is 6.54 Å². The highest BCUT2D eigenvalue weighted by molar-refractivity contribution is 9.10. The van der Waals surface area contributed by atoms with Crippen molar-refractivity contribution in [2.75, 3.05) is 6.79 Å². The highest BCUT2D eigenvalue weighted by Crippen LogP contribution is 2.33. The third-order valence-corrected chi connectivity index (χ3v) is 5.39. The molecule has 0 aliphatic carbocycles. The number of aromatic nitrogens is 2. The van der Waals surface area contributed by atoms with Crippen molar-refractivity contribution < 1.29 is 13.9 Å². The van der Waals surface area contributed by atoms with E-state index in [0.29, 0.717) is 18.3 Å². The van der Waals surface area contributed by atoms with Crippen LogP contribution in [0.5, 0.6) is 11.5 Å². The Morgan fingerprint density at radius 1 is 0.900 bits per heavy atom. The first-order valence-corrected chi connectivity index (χ1v) is 10.3. The summed E-state index contributed by atoms with van der Waals surface area (Å²) < 4.78 is 17.9. The number of fused-ring (bicyclic) bond motifs is 1. The molecule has 6 nitrogen and oxygen atoms in total. The van der Waals surface area contributed by atoms with E-state index in [2.05, 4.69) is 31.4 Å². The number of benzene rings is 3. The first kappa shape index (κ1) is 18.8. The minimum absolute atomic E-state index is 0.256. The standard InChI is InChI=1S/C23H18BrN3O3/c24-18-9-7-16(8-10-18)21(23-27-26-22(30-23)17-4-2-1-3-5-17)25-13-15-6-11-19-20(12-15)29-14-28-19/h1-12,21,25H,13-14H2/t21-/m0/s1. The minimum Gasteiger partial charge on any atom is -0.454 e. The monoisotopic (exact) mass is 463 g/mol. The molecule has 1 aliphatic heterocycles. The van der Waals surface area contributed by atoms with E-state index in [1.807, 2.05) is 72.8 Å². The molecule has 0 saturated heterocycles. The third-order valence-electron chi connectivity index (χ3n) is 4.86. The normalized spacial score (nSPS) is 13.4. The van der Waals surface area contributed by atoms with E-state index < -0.39 is 0 Å². The van der Waals surface area contributed by atoms with E-state index in [1.165, 1.54) is 0 Å². The highest BCUT2D eigenvalue weighted by Gasteiger charge is 2.22.